The van der Waals surface area contributed by atoms with Crippen molar-refractivity contribution < 1.29 is 32.6 Å². The third-order valence-electron chi connectivity index (χ3n) is 8.90. The Kier molecular flexibility index (Phi) is 10.2. The normalized spacial score (nSPS) is 18.3. The van der Waals surface area contributed by atoms with Gasteiger partial charge in [-0.15, -0.1) is 0 Å². The molecule has 2 N–H and O–H groups in total. The zero-order valence-corrected chi connectivity index (χ0v) is 26.2. The van der Waals surface area contributed by atoms with E-state index in [0.29, 0.717) is 6.42 Å². The van der Waals surface area contributed by atoms with E-state index in [1.807, 2.05) is 6.07 Å². The van der Waals surface area contributed by atoms with Crippen LogP contribution in [-0.2, 0) is 26.7 Å². The summed E-state index contributed by atoms with van der Waals surface area (Å²) in [5.74, 6) is -3.15. The summed E-state index contributed by atoms with van der Waals surface area (Å²) >= 11 is 0. The average molecular weight is 636 g/mol. The van der Waals surface area contributed by atoms with Crippen LogP contribution in [0.1, 0.15) is 42.1 Å². The molecule has 46 heavy (non-hydrogen) atoms. The average Bonchev–Trinajstić information content (AvgIpc) is 3.50. The number of aromatic nitrogens is 1. The van der Waals surface area contributed by atoms with Crippen LogP contribution in [-0.4, -0.2) is 79.4 Å². The van der Waals surface area contributed by atoms with Crippen molar-refractivity contribution in [2.75, 3.05) is 47.0 Å². The van der Waals surface area contributed by atoms with E-state index in [9.17, 15) is 23.2 Å². The number of aryl methyl sites for hydroxylation is 1. The number of nitrogens with one attached hydrogen (secondary N) is 2. The number of methoxy groups -OCH3 is 2. The molecule has 0 saturated carbocycles. The quantitative estimate of drug-likeness (QED) is 0.249. The van der Waals surface area contributed by atoms with Crippen LogP contribution in [0.2, 0.25) is 0 Å². The van der Waals surface area contributed by atoms with Gasteiger partial charge in [0.1, 0.15) is 6.04 Å². The number of rotatable bonds is 10. The van der Waals surface area contributed by atoms with Gasteiger partial charge in [-0.3, -0.25) is 0 Å². The van der Waals surface area contributed by atoms with Crippen LogP contribution < -0.4 is 10.6 Å². The molecule has 4 amide bonds. The highest BCUT2D eigenvalue weighted by atomic mass is 19.2. The third kappa shape index (κ3) is 6.54. The van der Waals surface area contributed by atoms with Gasteiger partial charge in [0.15, 0.2) is 11.6 Å². The van der Waals surface area contributed by atoms with E-state index in [2.05, 4.69) is 69.7 Å². The number of likely N-dealkylation sites (tertiary alicyclic amines) is 1. The van der Waals surface area contributed by atoms with Crippen molar-refractivity contribution >= 4 is 18.0 Å². The number of imide groups is 1. The van der Waals surface area contributed by atoms with Crippen LogP contribution in [0.15, 0.2) is 78.1 Å². The number of benzene rings is 2. The molecule has 2 aliphatic heterocycles. The van der Waals surface area contributed by atoms with E-state index >= 15 is 0 Å². The molecule has 2 aliphatic rings. The highest BCUT2D eigenvalue weighted by Crippen LogP contribution is 2.42. The third-order valence-corrected chi connectivity index (χ3v) is 8.90. The number of nitrogens with zero attached hydrogens (tertiary/aromatic N) is 3. The number of hydrogen-bond acceptors (Lipinski definition) is 6. The number of hydrogen-bond donors (Lipinski definition) is 2. The first-order valence-corrected chi connectivity index (χ1v) is 15.2. The van der Waals surface area contributed by atoms with Gasteiger partial charge in [-0.2, -0.15) is 0 Å². The van der Waals surface area contributed by atoms with E-state index in [1.165, 1.54) is 24.4 Å². The first-order valence-electron chi connectivity index (χ1n) is 15.2. The number of urea groups is 2. The molecule has 1 aromatic heterocycles. The number of carbonyl (C=O) groups excluding carboxylic acids is 3. The molecule has 1 unspecified atom stereocenters. The van der Waals surface area contributed by atoms with E-state index in [-0.39, 0.29) is 35.4 Å². The van der Waals surface area contributed by atoms with Gasteiger partial charge in [0.2, 0.25) is 0 Å². The zero-order valence-electron chi connectivity index (χ0n) is 26.2. The van der Waals surface area contributed by atoms with Crippen molar-refractivity contribution in [3.63, 3.8) is 0 Å². The van der Waals surface area contributed by atoms with Gasteiger partial charge in [-0.1, -0.05) is 36.4 Å². The Balaban J connectivity index is 1.26. The number of esters is 1. The highest BCUT2D eigenvalue weighted by Gasteiger charge is 2.43. The van der Waals surface area contributed by atoms with Crippen molar-refractivity contribution in [3.05, 3.63) is 107 Å². The largest absolute Gasteiger partial charge is 0.466 e. The summed E-state index contributed by atoms with van der Waals surface area (Å²) < 4.78 is 40.4. The monoisotopic (exact) mass is 635 g/mol. The van der Waals surface area contributed by atoms with Crippen LogP contribution >= 0.6 is 0 Å². The van der Waals surface area contributed by atoms with Crippen molar-refractivity contribution in [2.45, 2.75) is 30.7 Å². The van der Waals surface area contributed by atoms with Crippen molar-refractivity contribution in [1.29, 1.82) is 0 Å². The van der Waals surface area contributed by atoms with Crippen molar-refractivity contribution in [3.8, 4) is 0 Å². The zero-order chi connectivity index (χ0) is 32.8. The lowest BCUT2D eigenvalue weighted by atomic mass is 9.70. The van der Waals surface area contributed by atoms with Crippen LogP contribution in [0, 0.1) is 11.6 Å². The lowest BCUT2D eigenvalue weighted by molar-refractivity contribution is -0.137. The molecule has 0 aliphatic carbocycles. The number of piperidine rings is 1. The predicted octanol–water partition coefficient (Wildman–Crippen LogP) is 4.62. The lowest BCUT2D eigenvalue weighted by Crippen LogP contribution is -2.55. The maximum Gasteiger partial charge on any atom is 0.338 e. The summed E-state index contributed by atoms with van der Waals surface area (Å²) in [6.07, 6.45) is 4.57. The molecule has 10 nitrogen and oxygen atoms in total. The minimum Gasteiger partial charge on any atom is -0.466 e. The van der Waals surface area contributed by atoms with Gasteiger partial charge in [-0.25, -0.2) is 28.1 Å². The first kappa shape index (κ1) is 32.8. The second kappa shape index (κ2) is 14.3. The molecule has 3 heterocycles. The smallest absolute Gasteiger partial charge is 0.338 e. The SMILES string of the molecule is COCC1=C(C(=O)OC)C(c2ccc(F)c(F)c2)N(C(=O)NCCCN2CCC(c3ccccc3)(c3cccn3C)CC2)C(=O)N1. The molecular formula is C34H39F2N5O5. The van der Waals surface area contributed by atoms with E-state index in [4.69, 9.17) is 9.47 Å². The molecule has 2 aromatic carbocycles. The van der Waals surface area contributed by atoms with E-state index < -0.39 is 35.7 Å². The van der Waals surface area contributed by atoms with Gasteiger partial charge in [0.25, 0.3) is 0 Å². The van der Waals surface area contributed by atoms with Gasteiger partial charge in [0.05, 0.1) is 25.0 Å². The fourth-order valence-electron chi connectivity index (χ4n) is 6.63. The maximum atomic E-state index is 14.3. The maximum absolute atomic E-state index is 14.3. The van der Waals surface area contributed by atoms with Gasteiger partial charge in [-0.05, 0) is 74.3 Å². The fourth-order valence-corrected chi connectivity index (χ4v) is 6.63. The van der Waals surface area contributed by atoms with Gasteiger partial charge in [0, 0.05) is 38.0 Å². The highest BCUT2D eigenvalue weighted by molar-refractivity contribution is 6.01. The van der Waals surface area contributed by atoms with Crippen LogP contribution in [0.3, 0.4) is 0 Å². The summed E-state index contributed by atoms with van der Waals surface area (Å²) in [5, 5.41) is 5.29. The van der Waals surface area contributed by atoms with E-state index in [1.54, 1.807) is 0 Å². The Hall–Kier alpha value is -4.55. The van der Waals surface area contributed by atoms with Gasteiger partial charge < -0.3 is 29.6 Å². The Labute approximate surface area is 266 Å². The number of ether oxygens (including phenoxy) is 2. The molecule has 5 rings (SSSR count). The topological polar surface area (TPSA) is 105 Å². The second-order valence-corrected chi connectivity index (χ2v) is 11.6. The Bertz CT molecular complexity index is 1600. The van der Waals surface area contributed by atoms with Crippen LogP contribution in [0.25, 0.3) is 0 Å². The molecule has 12 heteroatoms. The molecule has 244 valence electrons. The van der Waals surface area contributed by atoms with Crippen molar-refractivity contribution in [1.82, 2.24) is 25.0 Å². The molecule has 0 bridgehead atoms. The summed E-state index contributed by atoms with van der Waals surface area (Å²) in [6.45, 7) is 2.53. The number of amides is 4. The second-order valence-electron chi connectivity index (χ2n) is 11.6. The summed E-state index contributed by atoms with van der Waals surface area (Å²) in [5.41, 5.74) is 2.45. The van der Waals surface area contributed by atoms with Gasteiger partial charge >= 0.3 is 18.0 Å². The molecule has 3 aromatic rings. The summed E-state index contributed by atoms with van der Waals surface area (Å²) in [4.78, 5) is 42.8. The first-order chi connectivity index (χ1) is 22.2. The Morgan fingerprint density at radius 1 is 1.02 bits per heavy atom. The fraction of sp³-hybridized carbons (Fsp3) is 0.382. The molecule has 1 fully saturated rings. The molecular weight excluding hydrogens is 596 g/mol. The number of halogens is 2. The molecule has 0 radical (unpaired) electrons. The van der Waals surface area contributed by atoms with E-state index in [0.717, 1.165) is 56.6 Å². The van der Waals surface area contributed by atoms with Crippen LogP contribution in [0.4, 0.5) is 18.4 Å². The Morgan fingerprint density at radius 3 is 2.39 bits per heavy atom. The Morgan fingerprint density at radius 2 is 1.76 bits per heavy atom. The molecule has 0 spiro atoms. The predicted molar refractivity (Wildman–Crippen MR) is 167 cm³/mol. The minimum absolute atomic E-state index is 0.0198. The lowest BCUT2D eigenvalue weighted by Gasteiger charge is -2.43. The molecule has 1 atom stereocenters. The minimum atomic E-state index is -1.38. The summed E-state index contributed by atoms with van der Waals surface area (Å²) in [6, 6.07) is 14.8. The molecule has 1 saturated heterocycles. The summed E-state index contributed by atoms with van der Waals surface area (Å²) in [7, 11) is 4.59. The number of carbonyl (C=O) groups is 3. The standard InChI is InChI=1S/C34H39F2N5O5/c1-39-17-7-11-28(39)34(24-9-5-4-6-10-24)14-19-40(20-15-34)18-8-16-37-32(43)41-30(23-12-13-25(35)26(36)21-23)29(31(42)46-3)27(22-45-2)38-33(41)44/h4-7,9-13,17,21,30H,8,14-16,18-20,22H2,1-3H3,(H,37,43)(H,38,44). The van der Waals surface area contributed by atoms with Crippen molar-refractivity contribution in [2.24, 2.45) is 7.05 Å². The van der Waals surface area contributed by atoms with Crippen LogP contribution in [0.5, 0.6) is 0 Å².